The van der Waals surface area contributed by atoms with Gasteiger partial charge in [-0.2, -0.15) is 0 Å². The van der Waals surface area contributed by atoms with Gasteiger partial charge in [0.25, 0.3) is 0 Å². The van der Waals surface area contributed by atoms with Crippen molar-refractivity contribution in [3.8, 4) is 0 Å². The van der Waals surface area contributed by atoms with Crippen LogP contribution in [-0.2, 0) is 9.47 Å². The number of nitrogens with zero attached hydrogens (tertiary/aromatic N) is 1. The number of ether oxygens (including phenoxy) is 2. The van der Waals surface area contributed by atoms with Gasteiger partial charge in [-0.05, 0) is 50.1 Å². The molecule has 0 N–H and O–H groups in total. The van der Waals surface area contributed by atoms with Crippen molar-refractivity contribution in [2.45, 2.75) is 51.4 Å². The zero-order valence-electron chi connectivity index (χ0n) is 13.5. The van der Waals surface area contributed by atoms with Gasteiger partial charge in [0.2, 0.25) is 0 Å². The number of aryl methyl sites for hydroxylation is 1. The maximum absolute atomic E-state index is 5.87. The Kier molecular flexibility index (Phi) is 3.50. The summed E-state index contributed by atoms with van der Waals surface area (Å²) in [5.74, 6) is 0.456. The van der Waals surface area contributed by atoms with Crippen LogP contribution in [0.4, 0.5) is 0 Å². The molecule has 2 aromatic rings. The smallest absolute Gasteiger partial charge is 0.168 e. The molecular formula is C19H25NO2. The number of aromatic nitrogens is 1. The molecule has 1 saturated carbocycles. The lowest BCUT2D eigenvalue weighted by Crippen LogP contribution is -2.37. The third-order valence-corrected chi connectivity index (χ3v) is 5.64. The van der Waals surface area contributed by atoms with E-state index in [2.05, 4.69) is 48.7 Å². The SMILES string of the molecule is Cc1cc2ccccc2n1[C@H](C)C1CCC2(CC1)OCCO2. The Labute approximate surface area is 132 Å². The molecule has 0 radical (unpaired) electrons. The molecule has 1 saturated heterocycles. The van der Waals surface area contributed by atoms with Crippen LogP contribution in [0.3, 0.4) is 0 Å². The van der Waals surface area contributed by atoms with E-state index in [-0.39, 0.29) is 5.79 Å². The van der Waals surface area contributed by atoms with Gasteiger partial charge in [-0.1, -0.05) is 18.2 Å². The zero-order chi connectivity index (χ0) is 15.2. The molecule has 1 aliphatic carbocycles. The Balaban J connectivity index is 1.56. The van der Waals surface area contributed by atoms with Crippen LogP contribution < -0.4 is 0 Å². The number of fused-ring (bicyclic) bond motifs is 1. The van der Waals surface area contributed by atoms with E-state index in [0.29, 0.717) is 12.0 Å². The van der Waals surface area contributed by atoms with E-state index in [1.807, 2.05) is 0 Å². The van der Waals surface area contributed by atoms with E-state index in [1.54, 1.807) is 0 Å². The molecule has 0 bridgehead atoms. The van der Waals surface area contributed by atoms with Gasteiger partial charge in [0.05, 0.1) is 13.2 Å². The molecule has 1 aromatic carbocycles. The third kappa shape index (κ3) is 2.27. The molecule has 0 amide bonds. The minimum atomic E-state index is -0.246. The van der Waals surface area contributed by atoms with E-state index in [4.69, 9.17) is 9.47 Å². The molecule has 4 rings (SSSR count). The molecule has 1 spiro atoms. The van der Waals surface area contributed by atoms with E-state index < -0.39 is 0 Å². The molecule has 2 fully saturated rings. The summed E-state index contributed by atoms with van der Waals surface area (Å²) in [5.41, 5.74) is 2.73. The van der Waals surface area contributed by atoms with Crippen molar-refractivity contribution < 1.29 is 9.47 Å². The van der Waals surface area contributed by atoms with E-state index in [1.165, 1.54) is 29.4 Å². The summed E-state index contributed by atoms with van der Waals surface area (Å²) in [6, 6.07) is 11.5. The highest BCUT2D eigenvalue weighted by molar-refractivity contribution is 5.81. The van der Waals surface area contributed by atoms with Crippen LogP contribution in [0.2, 0.25) is 0 Å². The molecule has 2 aliphatic rings. The second kappa shape index (κ2) is 5.39. The predicted molar refractivity (Wildman–Crippen MR) is 88.0 cm³/mol. The lowest BCUT2D eigenvalue weighted by molar-refractivity contribution is -0.184. The zero-order valence-corrected chi connectivity index (χ0v) is 13.5. The van der Waals surface area contributed by atoms with Crippen LogP contribution in [0.1, 0.15) is 44.3 Å². The maximum Gasteiger partial charge on any atom is 0.168 e. The monoisotopic (exact) mass is 299 g/mol. The summed E-state index contributed by atoms with van der Waals surface area (Å²) >= 11 is 0. The maximum atomic E-state index is 5.87. The van der Waals surface area contributed by atoms with Gasteiger partial charge in [0.1, 0.15) is 0 Å². The van der Waals surface area contributed by atoms with Gasteiger partial charge in [0, 0.05) is 30.1 Å². The van der Waals surface area contributed by atoms with Crippen molar-refractivity contribution in [1.29, 1.82) is 0 Å². The molecule has 1 aliphatic heterocycles. The summed E-state index contributed by atoms with van der Waals surface area (Å²) in [6.45, 7) is 6.13. The number of benzene rings is 1. The lowest BCUT2D eigenvalue weighted by Gasteiger charge is -2.38. The quantitative estimate of drug-likeness (QED) is 0.818. The largest absolute Gasteiger partial charge is 0.348 e. The lowest BCUT2D eigenvalue weighted by atomic mass is 9.81. The Hall–Kier alpha value is -1.32. The number of para-hydroxylation sites is 1. The predicted octanol–water partition coefficient (Wildman–Crippen LogP) is 4.44. The number of hydrogen-bond donors (Lipinski definition) is 0. The second-order valence-corrected chi connectivity index (χ2v) is 6.90. The highest BCUT2D eigenvalue weighted by Gasteiger charge is 2.41. The molecule has 118 valence electrons. The van der Waals surface area contributed by atoms with Gasteiger partial charge in [-0.25, -0.2) is 0 Å². The van der Waals surface area contributed by atoms with Crippen LogP contribution >= 0.6 is 0 Å². The Bertz CT molecular complexity index is 659. The molecule has 3 heteroatoms. The first-order valence-corrected chi connectivity index (χ1v) is 8.53. The third-order valence-electron chi connectivity index (χ3n) is 5.64. The first-order chi connectivity index (χ1) is 10.7. The summed E-state index contributed by atoms with van der Waals surface area (Å²) in [4.78, 5) is 0. The van der Waals surface area contributed by atoms with Crippen LogP contribution in [-0.4, -0.2) is 23.6 Å². The standard InChI is InChI=1S/C19H25NO2/c1-14-13-17-5-3-4-6-18(17)20(14)15(2)16-7-9-19(10-8-16)21-11-12-22-19/h3-6,13,15-16H,7-12H2,1-2H3/t15-/m1/s1. The fraction of sp³-hybridized carbons (Fsp3) is 0.579. The van der Waals surface area contributed by atoms with Gasteiger partial charge in [-0.15, -0.1) is 0 Å². The highest BCUT2D eigenvalue weighted by Crippen LogP contribution is 2.43. The molecule has 2 heterocycles. The fourth-order valence-corrected chi connectivity index (χ4v) is 4.41. The topological polar surface area (TPSA) is 23.4 Å². The Morgan fingerprint density at radius 3 is 2.55 bits per heavy atom. The van der Waals surface area contributed by atoms with Crippen molar-refractivity contribution >= 4 is 10.9 Å². The number of hydrogen-bond acceptors (Lipinski definition) is 2. The second-order valence-electron chi connectivity index (χ2n) is 6.90. The summed E-state index contributed by atoms with van der Waals surface area (Å²) in [6.07, 6.45) is 4.46. The van der Waals surface area contributed by atoms with Crippen molar-refractivity contribution in [3.05, 3.63) is 36.0 Å². The minimum Gasteiger partial charge on any atom is -0.348 e. The normalized spacial score (nSPS) is 23.4. The van der Waals surface area contributed by atoms with E-state index in [0.717, 1.165) is 26.1 Å². The first-order valence-electron chi connectivity index (χ1n) is 8.53. The van der Waals surface area contributed by atoms with E-state index in [9.17, 15) is 0 Å². The first kappa shape index (κ1) is 14.3. The molecule has 1 aromatic heterocycles. The highest BCUT2D eigenvalue weighted by atomic mass is 16.7. The van der Waals surface area contributed by atoms with Crippen LogP contribution in [0.25, 0.3) is 10.9 Å². The van der Waals surface area contributed by atoms with Crippen molar-refractivity contribution in [2.75, 3.05) is 13.2 Å². The molecule has 1 atom stereocenters. The van der Waals surface area contributed by atoms with Crippen LogP contribution in [0, 0.1) is 12.8 Å². The molecule has 0 unspecified atom stereocenters. The summed E-state index contributed by atoms with van der Waals surface area (Å²) in [7, 11) is 0. The average molecular weight is 299 g/mol. The molecule has 3 nitrogen and oxygen atoms in total. The van der Waals surface area contributed by atoms with Gasteiger partial charge >= 0.3 is 0 Å². The van der Waals surface area contributed by atoms with E-state index >= 15 is 0 Å². The van der Waals surface area contributed by atoms with Crippen LogP contribution in [0.15, 0.2) is 30.3 Å². The summed E-state index contributed by atoms with van der Waals surface area (Å²) in [5, 5.41) is 1.35. The molecular weight excluding hydrogens is 274 g/mol. The van der Waals surface area contributed by atoms with Crippen LogP contribution in [0.5, 0.6) is 0 Å². The Morgan fingerprint density at radius 2 is 1.82 bits per heavy atom. The number of rotatable bonds is 2. The van der Waals surface area contributed by atoms with Gasteiger partial charge < -0.3 is 14.0 Å². The van der Waals surface area contributed by atoms with Gasteiger partial charge in [-0.3, -0.25) is 0 Å². The van der Waals surface area contributed by atoms with Crippen molar-refractivity contribution in [1.82, 2.24) is 4.57 Å². The average Bonchev–Trinajstić information content (AvgIpc) is 3.11. The summed E-state index contributed by atoms with van der Waals surface area (Å²) < 4.78 is 14.3. The van der Waals surface area contributed by atoms with Gasteiger partial charge in [0.15, 0.2) is 5.79 Å². The minimum absolute atomic E-state index is 0.246. The van der Waals surface area contributed by atoms with Crippen molar-refractivity contribution in [3.63, 3.8) is 0 Å². The fourth-order valence-electron chi connectivity index (χ4n) is 4.41. The van der Waals surface area contributed by atoms with Crippen molar-refractivity contribution in [2.24, 2.45) is 5.92 Å². The molecule has 22 heavy (non-hydrogen) atoms. The Morgan fingerprint density at radius 1 is 1.14 bits per heavy atom.